The first kappa shape index (κ1) is 26.1. The second kappa shape index (κ2) is 13.4. The second-order valence-electron chi connectivity index (χ2n) is 8.84. The van der Waals surface area contributed by atoms with Gasteiger partial charge in [-0.15, -0.1) is 0 Å². The third-order valence-corrected chi connectivity index (χ3v) is 6.07. The molecule has 1 aromatic carbocycles. The zero-order chi connectivity index (χ0) is 25.0. The predicted octanol–water partition coefficient (Wildman–Crippen LogP) is 0.980. The molecular formula is C24H35N5O6. The van der Waals surface area contributed by atoms with Gasteiger partial charge in [0.05, 0.1) is 12.1 Å². The minimum Gasteiger partial charge on any atom is -0.507 e. The van der Waals surface area contributed by atoms with Crippen molar-refractivity contribution in [1.29, 1.82) is 0 Å². The molecule has 1 aromatic rings. The van der Waals surface area contributed by atoms with Crippen LogP contribution in [0.15, 0.2) is 23.2 Å². The number of carboxylic acids is 1. The number of hydrogen-bond acceptors (Lipinski definition) is 8. The Morgan fingerprint density at radius 1 is 1.17 bits per heavy atom. The molecule has 11 heteroatoms. The van der Waals surface area contributed by atoms with E-state index in [0.29, 0.717) is 25.3 Å². The molecular weight excluding hydrogens is 454 g/mol. The van der Waals surface area contributed by atoms with E-state index in [4.69, 9.17) is 4.74 Å². The first-order chi connectivity index (χ1) is 16.9. The van der Waals surface area contributed by atoms with E-state index in [-0.39, 0.29) is 29.7 Å². The van der Waals surface area contributed by atoms with E-state index in [9.17, 15) is 24.6 Å². The zero-order valence-corrected chi connectivity index (χ0v) is 19.8. The first-order valence-corrected chi connectivity index (χ1v) is 12.2. The van der Waals surface area contributed by atoms with Gasteiger partial charge in [0.25, 0.3) is 5.91 Å². The fourth-order valence-electron chi connectivity index (χ4n) is 4.18. The van der Waals surface area contributed by atoms with E-state index in [1.165, 1.54) is 18.6 Å². The van der Waals surface area contributed by atoms with Gasteiger partial charge in [-0.2, -0.15) is 0 Å². The van der Waals surface area contributed by atoms with Crippen LogP contribution >= 0.6 is 0 Å². The molecule has 3 rings (SSSR count). The summed E-state index contributed by atoms with van der Waals surface area (Å²) in [7, 11) is 0. The molecule has 1 saturated carbocycles. The molecule has 1 atom stereocenters. The zero-order valence-electron chi connectivity index (χ0n) is 19.8. The Labute approximate surface area is 204 Å². The summed E-state index contributed by atoms with van der Waals surface area (Å²) in [5, 5.41) is 30.9. The van der Waals surface area contributed by atoms with Crippen LogP contribution < -0.4 is 26.0 Å². The molecule has 0 radical (unpaired) electrons. The first-order valence-electron chi connectivity index (χ1n) is 12.2. The van der Waals surface area contributed by atoms with Gasteiger partial charge in [0.1, 0.15) is 24.1 Å². The smallest absolute Gasteiger partial charge is 0.328 e. The number of amides is 2. The van der Waals surface area contributed by atoms with Crippen LogP contribution in [0.25, 0.3) is 0 Å². The van der Waals surface area contributed by atoms with Gasteiger partial charge in [-0.1, -0.05) is 19.3 Å². The van der Waals surface area contributed by atoms with Gasteiger partial charge in [-0.05, 0) is 37.3 Å². The highest BCUT2D eigenvalue weighted by atomic mass is 16.5. The number of guanidine groups is 1. The maximum Gasteiger partial charge on any atom is 0.328 e. The number of hydrogen-bond donors (Lipinski definition) is 6. The van der Waals surface area contributed by atoms with E-state index in [0.717, 1.165) is 51.2 Å². The molecule has 0 saturated heterocycles. The van der Waals surface area contributed by atoms with E-state index < -0.39 is 17.9 Å². The highest BCUT2D eigenvalue weighted by molar-refractivity contribution is 5.97. The molecule has 2 aliphatic rings. The van der Waals surface area contributed by atoms with Gasteiger partial charge in [-0.3, -0.25) is 14.6 Å². The summed E-state index contributed by atoms with van der Waals surface area (Å²) in [6.07, 6.45) is 6.61. The molecule has 0 unspecified atom stereocenters. The minimum absolute atomic E-state index is 0.0195. The molecule has 11 nitrogen and oxygen atoms in total. The number of aromatic hydroxyl groups is 1. The number of carboxylic acid groups (broad SMARTS) is 1. The van der Waals surface area contributed by atoms with Gasteiger partial charge in [-0.25, -0.2) is 4.79 Å². The molecule has 1 aliphatic carbocycles. The summed E-state index contributed by atoms with van der Waals surface area (Å²) in [6, 6.07) is 3.02. The Morgan fingerprint density at radius 2 is 1.97 bits per heavy atom. The third kappa shape index (κ3) is 8.66. The number of phenolic OH excluding ortho intramolecular Hbond substituents is 1. The van der Waals surface area contributed by atoms with Crippen molar-refractivity contribution in [2.24, 2.45) is 10.9 Å². The Balaban J connectivity index is 1.43. The van der Waals surface area contributed by atoms with Crippen LogP contribution in [0.3, 0.4) is 0 Å². The lowest BCUT2D eigenvalue weighted by atomic mass is 9.87. The molecule has 0 spiro atoms. The molecule has 0 bridgehead atoms. The number of benzene rings is 1. The Hall–Kier alpha value is -3.50. The monoisotopic (exact) mass is 489 g/mol. The quantitative estimate of drug-likeness (QED) is 0.251. The number of rotatable bonds is 11. The minimum atomic E-state index is -1.25. The van der Waals surface area contributed by atoms with Crippen LogP contribution in [0.2, 0.25) is 0 Å². The van der Waals surface area contributed by atoms with Crippen LogP contribution in [0.4, 0.5) is 0 Å². The van der Waals surface area contributed by atoms with Crippen LogP contribution in [-0.4, -0.2) is 72.8 Å². The number of aliphatic carboxylic acids is 1. The summed E-state index contributed by atoms with van der Waals surface area (Å²) in [5.41, 5.74) is -0.0195. The van der Waals surface area contributed by atoms with Gasteiger partial charge < -0.3 is 36.2 Å². The Bertz CT molecular complexity index is 916. The molecule has 0 aromatic heterocycles. The van der Waals surface area contributed by atoms with Gasteiger partial charge in [0, 0.05) is 32.1 Å². The fraction of sp³-hybridized carbons (Fsp3) is 0.583. The van der Waals surface area contributed by atoms with Crippen LogP contribution in [0.5, 0.6) is 11.5 Å². The molecule has 1 heterocycles. The number of nitrogens with one attached hydrogen (secondary N) is 4. The van der Waals surface area contributed by atoms with E-state index in [1.807, 2.05) is 0 Å². The number of carbonyl (C=O) groups is 3. The Kier molecular flexibility index (Phi) is 10.00. The number of phenols is 1. The van der Waals surface area contributed by atoms with Crippen molar-refractivity contribution in [3.05, 3.63) is 23.8 Å². The summed E-state index contributed by atoms with van der Waals surface area (Å²) in [6.45, 7) is 2.20. The van der Waals surface area contributed by atoms with Crippen molar-refractivity contribution < 1.29 is 29.3 Å². The van der Waals surface area contributed by atoms with Gasteiger partial charge in [0.15, 0.2) is 5.96 Å². The lowest BCUT2D eigenvalue weighted by molar-refractivity contribution is -0.141. The standard InChI is InChI=1S/C24H35N5O6/c30-20-14-17(35-12-11-27-24-25-9-4-10-26-24)7-8-18(20)22(32)28-15-19(23(33)34)29-21(31)13-16-5-2-1-3-6-16/h7-8,14,16,19,30H,1-6,9-13,15H2,(H,28,32)(H,29,31)(H,33,34)(H2,25,26,27)/t19-/m0/s1. The van der Waals surface area contributed by atoms with E-state index in [1.54, 1.807) is 6.07 Å². The normalized spacial score (nSPS) is 16.9. The summed E-state index contributed by atoms with van der Waals surface area (Å²) in [4.78, 5) is 40.6. The molecule has 1 aliphatic heterocycles. The summed E-state index contributed by atoms with van der Waals surface area (Å²) < 4.78 is 5.59. The van der Waals surface area contributed by atoms with Gasteiger partial charge >= 0.3 is 5.97 Å². The Morgan fingerprint density at radius 3 is 2.66 bits per heavy atom. The number of nitrogens with zero attached hydrogens (tertiary/aromatic N) is 1. The maximum absolute atomic E-state index is 12.5. The SMILES string of the molecule is O=C(CC1CCCCC1)N[C@@H](CNC(=O)c1ccc(OCCNC2=NCCCN2)cc1O)C(=O)O. The van der Waals surface area contributed by atoms with Gasteiger partial charge in [0.2, 0.25) is 5.91 Å². The number of aliphatic imine (C=N–C) groups is 1. The van der Waals surface area contributed by atoms with Crippen LogP contribution in [0.1, 0.15) is 55.3 Å². The maximum atomic E-state index is 12.5. The van der Waals surface area contributed by atoms with Crippen LogP contribution in [-0.2, 0) is 9.59 Å². The van der Waals surface area contributed by atoms with Crippen LogP contribution in [0, 0.1) is 5.92 Å². The van der Waals surface area contributed by atoms with Crippen molar-refractivity contribution >= 4 is 23.7 Å². The molecule has 1 fully saturated rings. The number of ether oxygens (including phenoxy) is 1. The second-order valence-corrected chi connectivity index (χ2v) is 8.84. The van der Waals surface area contributed by atoms with Crippen molar-refractivity contribution in [3.8, 4) is 11.5 Å². The molecule has 2 amide bonds. The summed E-state index contributed by atoms with van der Waals surface area (Å²) >= 11 is 0. The van der Waals surface area contributed by atoms with Crippen molar-refractivity contribution in [3.63, 3.8) is 0 Å². The van der Waals surface area contributed by atoms with E-state index in [2.05, 4.69) is 26.3 Å². The lowest BCUT2D eigenvalue weighted by Gasteiger charge is -2.22. The average Bonchev–Trinajstić information content (AvgIpc) is 2.85. The van der Waals surface area contributed by atoms with Crippen molar-refractivity contribution in [2.75, 3.05) is 32.8 Å². The number of carbonyl (C=O) groups excluding carboxylic acids is 2. The molecule has 35 heavy (non-hydrogen) atoms. The van der Waals surface area contributed by atoms with Crippen molar-refractivity contribution in [2.45, 2.75) is 51.0 Å². The predicted molar refractivity (Wildman–Crippen MR) is 130 cm³/mol. The molecule has 6 N–H and O–H groups in total. The topological polar surface area (TPSA) is 161 Å². The largest absolute Gasteiger partial charge is 0.507 e. The van der Waals surface area contributed by atoms with E-state index >= 15 is 0 Å². The lowest BCUT2D eigenvalue weighted by Crippen LogP contribution is -2.48. The highest BCUT2D eigenvalue weighted by Gasteiger charge is 2.24. The van der Waals surface area contributed by atoms with Crippen molar-refractivity contribution in [1.82, 2.24) is 21.3 Å². The third-order valence-electron chi connectivity index (χ3n) is 6.07. The highest BCUT2D eigenvalue weighted by Crippen LogP contribution is 2.26. The fourth-order valence-corrected chi connectivity index (χ4v) is 4.18. The summed E-state index contributed by atoms with van der Waals surface area (Å²) in [5.74, 6) is -1.11. The average molecular weight is 490 g/mol. The molecule has 192 valence electrons.